The van der Waals surface area contributed by atoms with Crippen molar-refractivity contribution < 1.29 is 4.79 Å². The van der Waals surface area contributed by atoms with Crippen LogP contribution in [0.15, 0.2) is 72.1 Å². The Kier molecular flexibility index (Phi) is 4.73. The Morgan fingerprint density at radius 3 is 2.43 bits per heavy atom. The molecule has 1 N–H and O–H groups in total. The van der Waals surface area contributed by atoms with Gasteiger partial charge in [-0.1, -0.05) is 48.2 Å². The van der Waals surface area contributed by atoms with E-state index in [0.717, 1.165) is 11.4 Å². The number of rotatable bonds is 5. The summed E-state index contributed by atoms with van der Waals surface area (Å²) in [4.78, 5) is 12.3. The number of amides is 1. The van der Waals surface area contributed by atoms with Crippen LogP contribution in [0.2, 0.25) is 0 Å². The van der Waals surface area contributed by atoms with Crippen molar-refractivity contribution in [2.24, 2.45) is 0 Å². The highest BCUT2D eigenvalue weighted by molar-refractivity contribution is 8.00. The molecular weight excluding hydrogens is 308 g/mol. The standard InChI is InChI=1S/C17H16N4OS/c1-13(16(22)19-14-8-4-2-5-9-14)23-17-20-18-12-21(17)15-10-6-3-7-11-15/h2-13H,1H3,(H,19,22). The summed E-state index contributed by atoms with van der Waals surface area (Å²) in [7, 11) is 0. The predicted molar refractivity (Wildman–Crippen MR) is 91.7 cm³/mol. The summed E-state index contributed by atoms with van der Waals surface area (Å²) in [5.74, 6) is -0.0659. The van der Waals surface area contributed by atoms with E-state index >= 15 is 0 Å². The Morgan fingerprint density at radius 1 is 1.09 bits per heavy atom. The lowest BCUT2D eigenvalue weighted by Gasteiger charge is -2.12. The summed E-state index contributed by atoms with van der Waals surface area (Å²) >= 11 is 1.38. The van der Waals surface area contributed by atoms with Crippen molar-refractivity contribution in [2.45, 2.75) is 17.3 Å². The number of aromatic nitrogens is 3. The Labute approximate surface area is 138 Å². The fourth-order valence-corrected chi connectivity index (χ4v) is 2.89. The molecule has 0 saturated heterocycles. The molecule has 3 aromatic rings. The average Bonchev–Trinajstić information content (AvgIpc) is 3.04. The lowest BCUT2D eigenvalue weighted by Crippen LogP contribution is -2.22. The van der Waals surface area contributed by atoms with Crippen LogP contribution in [0.5, 0.6) is 0 Å². The highest BCUT2D eigenvalue weighted by Crippen LogP contribution is 2.24. The van der Waals surface area contributed by atoms with E-state index in [1.165, 1.54) is 11.8 Å². The number of carbonyl (C=O) groups is 1. The predicted octanol–water partition coefficient (Wildman–Crippen LogP) is 3.39. The zero-order chi connectivity index (χ0) is 16.1. The van der Waals surface area contributed by atoms with E-state index in [0.29, 0.717) is 5.16 Å². The summed E-state index contributed by atoms with van der Waals surface area (Å²) in [5.41, 5.74) is 1.75. The highest BCUT2D eigenvalue weighted by atomic mass is 32.2. The third-order valence-electron chi connectivity index (χ3n) is 3.24. The zero-order valence-corrected chi connectivity index (χ0v) is 13.4. The molecule has 6 heteroatoms. The second-order valence-corrected chi connectivity index (χ2v) is 6.24. The summed E-state index contributed by atoms with van der Waals surface area (Å²) in [6, 6.07) is 19.2. The lowest BCUT2D eigenvalue weighted by molar-refractivity contribution is -0.115. The number of carbonyl (C=O) groups excluding carboxylic acids is 1. The molecule has 1 aromatic heterocycles. The monoisotopic (exact) mass is 324 g/mol. The number of nitrogens with one attached hydrogen (secondary N) is 1. The second-order valence-electron chi connectivity index (χ2n) is 4.93. The number of anilines is 1. The maximum atomic E-state index is 12.3. The van der Waals surface area contributed by atoms with Crippen LogP contribution >= 0.6 is 11.8 Å². The maximum absolute atomic E-state index is 12.3. The van der Waals surface area contributed by atoms with Gasteiger partial charge in [0.1, 0.15) is 6.33 Å². The van der Waals surface area contributed by atoms with Gasteiger partial charge in [-0.15, -0.1) is 10.2 Å². The molecule has 0 spiro atoms. The second kappa shape index (κ2) is 7.11. The first kappa shape index (κ1) is 15.3. The molecule has 0 aliphatic carbocycles. The number of para-hydroxylation sites is 2. The van der Waals surface area contributed by atoms with Crippen LogP contribution in [0.3, 0.4) is 0 Å². The molecular formula is C17H16N4OS. The van der Waals surface area contributed by atoms with Crippen LogP contribution in [0.1, 0.15) is 6.92 Å². The topological polar surface area (TPSA) is 59.8 Å². The van der Waals surface area contributed by atoms with Gasteiger partial charge in [-0.25, -0.2) is 0 Å². The van der Waals surface area contributed by atoms with E-state index in [1.807, 2.05) is 72.2 Å². The molecule has 1 amide bonds. The van der Waals surface area contributed by atoms with E-state index in [-0.39, 0.29) is 11.2 Å². The zero-order valence-electron chi connectivity index (χ0n) is 12.6. The van der Waals surface area contributed by atoms with Crippen molar-refractivity contribution in [1.29, 1.82) is 0 Å². The van der Waals surface area contributed by atoms with Gasteiger partial charge in [-0.3, -0.25) is 9.36 Å². The first-order valence-corrected chi connectivity index (χ1v) is 8.10. The van der Waals surface area contributed by atoms with Gasteiger partial charge < -0.3 is 5.32 Å². The maximum Gasteiger partial charge on any atom is 0.237 e. The number of benzene rings is 2. The van der Waals surface area contributed by atoms with Crippen LogP contribution in [0, 0.1) is 0 Å². The molecule has 0 aliphatic heterocycles. The largest absolute Gasteiger partial charge is 0.325 e. The minimum absolute atomic E-state index is 0.0659. The normalized spacial score (nSPS) is 11.9. The van der Waals surface area contributed by atoms with Gasteiger partial charge in [-0.2, -0.15) is 0 Å². The summed E-state index contributed by atoms with van der Waals surface area (Å²) < 4.78 is 1.87. The third-order valence-corrected chi connectivity index (χ3v) is 4.30. The fraction of sp³-hybridized carbons (Fsp3) is 0.118. The average molecular weight is 324 g/mol. The number of hydrogen-bond acceptors (Lipinski definition) is 4. The molecule has 5 nitrogen and oxygen atoms in total. The van der Waals surface area contributed by atoms with E-state index in [1.54, 1.807) is 6.33 Å². The minimum atomic E-state index is -0.290. The first-order chi connectivity index (χ1) is 11.2. The van der Waals surface area contributed by atoms with Crippen molar-refractivity contribution in [3.05, 3.63) is 67.0 Å². The van der Waals surface area contributed by atoms with Crippen molar-refractivity contribution in [3.63, 3.8) is 0 Å². The number of thioether (sulfide) groups is 1. The van der Waals surface area contributed by atoms with E-state index < -0.39 is 0 Å². The smallest absolute Gasteiger partial charge is 0.237 e. The minimum Gasteiger partial charge on any atom is -0.325 e. The Balaban J connectivity index is 1.70. The fourth-order valence-electron chi connectivity index (χ4n) is 2.05. The molecule has 1 heterocycles. The van der Waals surface area contributed by atoms with Crippen LogP contribution in [-0.4, -0.2) is 25.9 Å². The van der Waals surface area contributed by atoms with Gasteiger partial charge in [0.15, 0.2) is 5.16 Å². The van der Waals surface area contributed by atoms with Gasteiger partial charge >= 0.3 is 0 Å². The van der Waals surface area contributed by atoms with Gasteiger partial charge in [-0.05, 0) is 31.2 Å². The molecule has 2 aromatic carbocycles. The molecule has 23 heavy (non-hydrogen) atoms. The molecule has 116 valence electrons. The molecule has 1 unspecified atom stereocenters. The van der Waals surface area contributed by atoms with Crippen LogP contribution in [-0.2, 0) is 4.79 Å². The van der Waals surface area contributed by atoms with E-state index in [2.05, 4.69) is 15.5 Å². The van der Waals surface area contributed by atoms with Crippen LogP contribution < -0.4 is 5.32 Å². The Hall–Kier alpha value is -2.60. The van der Waals surface area contributed by atoms with Crippen molar-refractivity contribution in [2.75, 3.05) is 5.32 Å². The molecule has 1 atom stereocenters. The lowest BCUT2D eigenvalue weighted by atomic mass is 10.3. The molecule has 0 fully saturated rings. The van der Waals surface area contributed by atoms with Crippen molar-refractivity contribution in [3.8, 4) is 5.69 Å². The van der Waals surface area contributed by atoms with Crippen LogP contribution in [0.25, 0.3) is 5.69 Å². The van der Waals surface area contributed by atoms with Crippen LogP contribution in [0.4, 0.5) is 5.69 Å². The van der Waals surface area contributed by atoms with Crippen molar-refractivity contribution >= 4 is 23.4 Å². The summed E-state index contributed by atoms with van der Waals surface area (Å²) in [6.07, 6.45) is 1.65. The number of hydrogen-bond donors (Lipinski definition) is 1. The molecule has 3 rings (SSSR count). The van der Waals surface area contributed by atoms with Gasteiger partial charge in [0.2, 0.25) is 5.91 Å². The Morgan fingerprint density at radius 2 is 1.74 bits per heavy atom. The molecule has 0 radical (unpaired) electrons. The number of nitrogens with zero attached hydrogens (tertiary/aromatic N) is 3. The summed E-state index contributed by atoms with van der Waals surface area (Å²) in [5, 5.41) is 11.4. The Bertz CT molecular complexity index is 774. The van der Waals surface area contributed by atoms with E-state index in [4.69, 9.17) is 0 Å². The molecule has 0 saturated carbocycles. The van der Waals surface area contributed by atoms with Gasteiger partial charge in [0.25, 0.3) is 0 Å². The SMILES string of the molecule is CC(Sc1nncn1-c1ccccc1)C(=O)Nc1ccccc1. The quantitative estimate of drug-likeness (QED) is 0.731. The summed E-state index contributed by atoms with van der Waals surface area (Å²) in [6.45, 7) is 1.85. The van der Waals surface area contributed by atoms with Gasteiger partial charge in [0.05, 0.1) is 5.25 Å². The van der Waals surface area contributed by atoms with Gasteiger partial charge in [0, 0.05) is 11.4 Å². The third kappa shape index (κ3) is 3.78. The highest BCUT2D eigenvalue weighted by Gasteiger charge is 2.18. The molecule has 0 aliphatic rings. The van der Waals surface area contributed by atoms with Crippen molar-refractivity contribution in [1.82, 2.24) is 14.8 Å². The van der Waals surface area contributed by atoms with E-state index in [9.17, 15) is 4.79 Å². The molecule has 0 bridgehead atoms. The first-order valence-electron chi connectivity index (χ1n) is 7.22.